The number of ether oxygens (including phenoxy) is 1. The Morgan fingerprint density at radius 3 is 2.73 bits per heavy atom. The first kappa shape index (κ1) is 11.2. The van der Waals surface area contributed by atoms with E-state index in [2.05, 4.69) is 9.84 Å². The number of hydrogen-bond acceptors (Lipinski definition) is 5. The van der Waals surface area contributed by atoms with Gasteiger partial charge < -0.3 is 14.9 Å². The minimum Gasteiger partial charge on any atom is -0.467 e. The van der Waals surface area contributed by atoms with Crippen molar-refractivity contribution in [1.82, 2.24) is 9.78 Å². The van der Waals surface area contributed by atoms with E-state index in [4.69, 9.17) is 0 Å². The molecule has 82 valence electrons. The Hall–Kier alpha value is -1.92. The van der Waals surface area contributed by atoms with E-state index in [1.54, 1.807) is 13.8 Å². The van der Waals surface area contributed by atoms with Crippen LogP contribution in [0.4, 0.5) is 5.82 Å². The summed E-state index contributed by atoms with van der Waals surface area (Å²) in [6, 6.07) is 0.642. The van der Waals surface area contributed by atoms with Crippen LogP contribution < -0.4 is 0 Å². The summed E-state index contributed by atoms with van der Waals surface area (Å²) in [5.41, 5.74) is 0.541. The van der Waals surface area contributed by atoms with Crippen molar-refractivity contribution in [3.05, 3.63) is 21.9 Å². The molecule has 0 N–H and O–H groups in total. The molecule has 1 heterocycles. The van der Waals surface area contributed by atoms with E-state index in [0.29, 0.717) is 5.69 Å². The number of aromatic nitrogens is 2. The molecule has 0 amide bonds. The number of hydrogen-bond donors (Lipinski definition) is 0. The lowest BCUT2D eigenvalue weighted by atomic mass is 10.3. The Kier molecular flexibility index (Phi) is 3.03. The second kappa shape index (κ2) is 4.07. The van der Waals surface area contributed by atoms with Crippen molar-refractivity contribution in [2.24, 2.45) is 0 Å². The highest BCUT2D eigenvalue weighted by Crippen LogP contribution is 2.16. The summed E-state index contributed by atoms with van der Waals surface area (Å²) in [6.07, 6.45) is 0. The minimum absolute atomic E-state index is 0.275. The van der Waals surface area contributed by atoms with Gasteiger partial charge in [0.05, 0.1) is 24.0 Å². The Morgan fingerprint density at radius 2 is 2.33 bits per heavy atom. The Morgan fingerprint density at radius 1 is 1.73 bits per heavy atom. The van der Waals surface area contributed by atoms with E-state index in [-0.39, 0.29) is 5.82 Å². The molecule has 15 heavy (non-hydrogen) atoms. The van der Waals surface area contributed by atoms with Crippen molar-refractivity contribution in [2.45, 2.75) is 19.9 Å². The summed E-state index contributed by atoms with van der Waals surface area (Å²) in [5, 5.41) is 14.1. The quantitative estimate of drug-likeness (QED) is 0.421. The Balaban J connectivity index is 3.04. The van der Waals surface area contributed by atoms with Crippen molar-refractivity contribution < 1.29 is 14.5 Å². The number of methoxy groups -OCH3 is 1. The molecule has 1 unspecified atom stereocenters. The molecule has 0 spiro atoms. The first-order chi connectivity index (χ1) is 6.97. The summed E-state index contributed by atoms with van der Waals surface area (Å²) in [7, 11) is 1.26. The van der Waals surface area contributed by atoms with Crippen LogP contribution >= 0.6 is 0 Å². The fraction of sp³-hybridized carbons (Fsp3) is 0.500. The zero-order valence-electron chi connectivity index (χ0n) is 8.63. The van der Waals surface area contributed by atoms with Crippen LogP contribution in [-0.4, -0.2) is 27.8 Å². The number of aryl methyl sites for hydroxylation is 1. The van der Waals surface area contributed by atoms with Crippen molar-refractivity contribution in [3.8, 4) is 0 Å². The molecule has 0 saturated heterocycles. The van der Waals surface area contributed by atoms with Crippen LogP contribution in [0.3, 0.4) is 0 Å². The first-order valence-electron chi connectivity index (χ1n) is 4.25. The van der Waals surface area contributed by atoms with Crippen LogP contribution in [0.2, 0.25) is 0 Å². The third-order valence-corrected chi connectivity index (χ3v) is 2.01. The second-order valence-electron chi connectivity index (χ2n) is 3.04. The fourth-order valence-corrected chi connectivity index (χ4v) is 1.22. The van der Waals surface area contributed by atoms with Crippen molar-refractivity contribution in [3.63, 3.8) is 0 Å². The summed E-state index contributed by atoms with van der Waals surface area (Å²) in [5.74, 6) is -0.764. The number of rotatable bonds is 3. The molecule has 1 rings (SSSR count). The maximum Gasteiger partial charge on any atom is 0.390 e. The van der Waals surface area contributed by atoms with Crippen LogP contribution in [0.25, 0.3) is 0 Å². The van der Waals surface area contributed by atoms with Crippen LogP contribution in [0, 0.1) is 17.0 Å². The molecule has 7 heteroatoms. The molecule has 0 saturated carbocycles. The molecule has 0 bridgehead atoms. The monoisotopic (exact) mass is 213 g/mol. The van der Waals surface area contributed by atoms with Crippen molar-refractivity contribution in [2.75, 3.05) is 7.11 Å². The largest absolute Gasteiger partial charge is 0.467 e. The average Bonchev–Trinajstić information content (AvgIpc) is 2.58. The number of esters is 1. The highest BCUT2D eigenvalue weighted by atomic mass is 16.6. The third-order valence-electron chi connectivity index (χ3n) is 2.01. The van der Waals surface area contributed by atoms with Crippen LogP contribution in [-0.2, 0) is 9.53 Å². The number of nitrogens with zero attached hydrogens (tertiary/aromatic N) is 3. The lowest BCUT2D eigenvalue weighted by molar-refractivity contribution is -0.389. The van der Waals surface area contributed by atoms with Gasteiger partial charge in [-0.05, 0) is 18.8 Å². The smallest absolute Gasteiger partial charge is 0.390 e. The highest BCUT2D eigenvalue weighted by Gasteiger charge is 2.24. The van der Waals surface area contributed by atoms with Gasteiger partial charge in [0.1, 0.15) is 0 Å². The fourth-order valence-electron chi connectivity index (χ4n) is 1.22. The molecule has 1 atom stereocenters. The summed E-state index contributed by atoms with van der Waals surface area (Å²) in [6.45, 7) is 3.20. The van der Waals surface area contributed by atoms with Gasteiger partial charge >= 0.3 is 11.8 Å². The van der Waals surface area contributed by atoms with Crippen molar-refractivity contribution >= 4 is 11.8 Å². The molecule has 7 nitrogen and oxygen atoms in total. The molecule has 1 aromatic heterocycles. The van der Waals surface area contributed by atoms with Gasteiger partial charge in [0.2, 0.25) is 0 Å². The standard InChI is InChI=1S/C8H11N3O4/c1-5-4-7(11(13)14)9-10(5)6(2)8(12)15-3/h4,6H,1-3H3. The van der Waals surface area contributed by atoms with E-state index in [1.165, 1.54) is 17.9 Å². The average molecular weight is 213 g/mol. The van der Waals surface area contributed by atoms with Crippen LogP contribution in [0.5, 0.6) is 0 Å². The normalized spacial score (nSPS) is 12.2. The van der Waals surface area contributed by atoms with Crippen molar-refractivity contribution in [1.29, 1.82) is 0 Å². The maximum absolute atomic E-state index is 11.2. The SMILES string of the molecule is COC(=O)C(C)n1nc([N+](=O)[O-])cc1C. The van der Waals surface area contributed by atoms with Crippen LogP contribution in [0.15, 0.2) is 6.07 Å². The first-order valence-corrected chi connectivity index (χ1v) is 4.25. The predicted octanol–water partition coefficient (Wildman–Crippen LogP) is 0.834. The number of nitro groups is 1. The molecule has 0 aliphatic carbocycles. The number of carbonyl (C=O) groups excluding carboxylic acids is 1. The zero-order chi connectivity index (χ0) is 11.6. The van der Waals surface area contributed by atoms with E-state index in [1.807, 2.05) is 0 Å². The summed E-state index contributed by atoms with van der Waals surface area (Å²) in [4.78, 5) is 21.0. The number of carbonyl (C=O) groups is 1. The van der Waals surface area contributed by atoms with E-state index < -0.39 is 16.9 Å². The van der Waals surface area contributed by atoms with E-state index >= 15 is 0 Å². The van der Waals surface area contributed by atoms with Crippen LogP contribution in [0.1, 0.15) is 18.7 Å². The Bertz CT molecular complexity index is 399. The van der Waals surface area contributed by atoms with Gasteiger partial charge in [-0.25, -0.2) is 4.79 Å². The van der Waals surface area contributed by atoms with Gasteiger partial charge in [0.25, 0.3) is 0 Å². The lowest BCUT2D eigenvalue weighted by Crippen LogP contribution is -2.19. The van der Waals surface area contributed by atoms with Gasteiger partial charge in [0, 0.05) is 0 Å². The Labute approximate surface area is 85.8 Å². The second-order valence-corrected chi connectivity index (χ2v) is 3.04. The summed E-state index contributed by atoms with van der Waals surface area (Å²) >= 11 is 0. The molecular formula is C8H11N3O4. The summed E-state index contributed by atoms with van der Waals surface area (Å²) < 4.78 is 5.79. The molecule has 0 aromatic carbocycles. The zero-order valence-corrected chi connectivity index (χ0v) is 8.63. The highest BCUT2D eigenvalue weighted by molar-refractivity contribution is 5.73. The topological polar surface area (TPSA) is 87.3 Å². The molecule has 1 aromatic rings. The van der Waals surface area contributed by atoms with Gasteiger partial charge in [-0.2, -0.15) is 4.68 Å². The van der Waals surface area contributed by atoms with Gasteiger partial charge in [-0.3, -0.25) is 0 Å². The van der Waals surface area contributed by atoms with Gasteiger partial charge in [-0.15, -0.1) is 0 Å². The van der Waals surface area contributed by atoms with Gasteiger partial charge in [0.15, 0.2) is 6.04 Å². The molecule has 0 radical (unpaired) electrons. The molecule has 0 fully saturated rings. The lowest BCUT2D eigenvalue weighted by Gasteiger charge is -2.06. The minimum atomic E-state index is -0.663. The van der Waals surface area contributed by atoms with Gasteiger partial charge in [-0.1, -0.05) is 0 Å². The molecule has 0 aliphatic heterocycles. The molecule has 0 aliphatic rings. The van der Waals surface area contributed by atoms with E-state index in [9.17, 15) is 14.9 Å². The maximum atomic E-state index is 11.2. The van der Waals surface area contributed by atoms with E-state index in [0.717, 1.165) is 0 Å². The predicted molar refractivity (Wildman–Crippen MR) is 50.3 cm³/mol. The third kappa shape index (κ3) is 2.12. The molecular weight excluding hydrogens is 202 g/mol.